The molecule has 1 aromatic rings. The molecule has 156 valence electrons. The minimum atomic E-state index is 0.473. The Balaban J connectivity index is 1.42. The van der Waals surface area contributed by atoms with E-state index in [2.05, 4.69) is 51.3 Å². The van der Waals surface area contributed by atoms with Crippen LogP contribution in [0.15, 0.2) is 29.3 Å². The smallest absolute Gasteiger partial charge is 0.193 e. The number of nitrogens with zero attached hydrogens (tertiary/aromatic N) is 3. The van der Waals surface area contributed by atoms with Gasteiger partial charge >= 0.3 is 0 Å². The van der Waals surface area contributed by atoms with Crippen molar-refractivity contribution in [2.24, 2.45) is 10.9 Å². The summed E-state index contributed by atoms with van der Waals surface area (Å²) in [6.07, 6.45) is 2.30. The first-order valence-corrected chi connectivity index (χ1v) is 10.5. The van der Waals surface area contributed by atoms with E-state index in [1.165, 1.54) is 11.1 Å². The largest absolute Gasteiger partial charge is 0.382 e. The van der Waals surface area contributed by atoms with Crippen molar-refractivity contribution < 1.29 is 9.47 Å². The standard InChI is InChI=1S/C22H36N4O2/c1-18(25-11-9-20-6-4-5-7-21(20)16-25)14-24-22(23-2)26-10-8-19(15-26)17-28-13-12-27-3/h4-7,18-19H,8-17H2,1-3H3,(H,23,24). The average Bonchev–Trinajstić information content (AvgIpc) is 3.20. The number of aliphatic imine (C=N–C) groups is 1. The summed E-state index contributed by atoms with van der Waals surface area (Å²) >= 11 is 0. The summed E-state index contributed by atoms with van der Waals surface area (Å²) in [5.41, 5.74) is 2.98. The lowest BCUT2D eigenvalue weighted by Crippen LogP contribution is -2.48. The van der Waals surface area contributed by atoms with E-state index >= 15 is 0 Å². The molecule has 6 heteroatoms. The van der Waals surface area contributed by atoms with Crippen LogP contribution in [-0.4, -0.2) is 82.0 Å². The molecule has 3 rings (SSSR count). The number of rotatable bonds is 8. The molecule has 2 atom stereocenters. The van der Waals surface area contributed by atoms with Crippen molar-refractivity contribution in [1.29, 1.82) is 0 Å². The van der Waals surface area contributed by atoms with Gasteiger partial charge in [0.1, 0.15) is 0 Å². The molecule has 1 saturated heterocycles. The van der Waals surface area contributed by atoms with Gasteiger partial charge in [0, 0.05) is 58.8 Å². The van der Waals surface area contributed by atoms with E-state index < -0.39 is 0 Å². The molecule has 2 aliphatic rings. The van der Waals surface area contributed by atoms with Gasteiger partial charge < -0.3 is 19.7 Å². The number of benzene rings is 1. The van der Waals surface area contributed by atoms with Crippen LogP contribution in [0.2, 0.25) is 0 Å². The molecule has 2 aliphatic heterocycles. The Hall–Kier alpha value is -1.63. The van der Waals surface area contributed by atoms with E-state index in [0.29, 0.717) is 25.2 Å². The quantitative estimate of drug-likeness (QED) is 0.419. The zero-order valence-electron chi connectivity index (χ0n) is 17.7. The van der Waals surface area contributed by atoms with Gasteiger partial charge in [0.25, 0.3) is 0 Å². The fourth-order valence-corrected chi connectivity index (χ4v) is 4.15. The fraction of sp³-hybridized carbons (Fsp3) is 0.682. The molecule has 1 aromatic carbocycles. The summed E-state index contributed by atoms with van der Waals surface area (Å²) in [5, 5.41) is 3.60. The van der Waals surface area contributed by atoms with Crippen molar-refractivity contribution >= 4 is 5.96 Å². The number of nitrogens with one attached hydrogen (secondary N) is 1. The van der Waals surface area contributed by atoms with Gasteiger partial charge in [-0.2, -0.15) is 0 Å². The SMILES string of the molecule is CN=C(NCC(C)N1CCc2ccccc2C1)N1CCC(COCCOC)C1. The molecule has 1 fully saturated rings. The third-order valence-corrected chi connectivity index (χ3v) is 5.92. The maximum atomic E-state index is 5.71. The van der Waals surface area contributed by atoms with E-state index in [1.807, 2.05) is 7.05 Å². The van der Waals surface area contributed by atoms with Crippen LogP contribution in [0.5, 0.6) is 0 Å². The zero-order chi connectivity index (χ0) is 19.8. The molecule has 1 N–H and O–H groups in total. The van der Waals surface area contributed by atoms with Crippen molar-refractivity contribution in [3.8, 4) is 0 Å². The number of guanidine groups is 1. The van der Waals surface area contributed by atoms with Crippen molar-refractivity contribution in [2.45, 2.75) is 32.4 Å². The Morgan fingerprint density at radius 3 is 2.86 bits per heavy atom. The summed E-state index contributed by atoms with van der Waals surface area (Å²) in [6.45, 7) is 9.60. The minimum Gasteiger partial charge on any atom is -0.382 e. The molecule has 0 aliphatic carbocycles. The monoisotopic (exact) mass is 388 g/mol. The Kier molecular flexibility index (Phi) is 8.13. The third-order valence-electron chi connectivity index (χ3n) is 5.92. The fourth-order valence-electron chi connectivity index (χ4n) is 4.15. The molecule has 28 heavy (non-hydrogen) atoms. The summed E-state index contributed by atoms with van der Waals surface area (Å²) in [7, 11) is 3.59. The number of methoxy groups -OCH3 is 1. The van der Waals surface area contributed by atoms with Crippen LogP contribution in [0.3, 0.4) is 0 Å². The maximum absolute atomic E-state index is 5.71. The molecule has 0 saturated carbocycles. The second-order valence-electron chi connectivity index (χ2n) is 7.93. The van der Waals surface area contributed by atoms with Gasteiger partial charge in [-0.1, -0.05) is 24.3 Å². The first-order valence-electron chi connectivity index (χ1n) is 10.5. The highest BCUT2D eigenvalue weighted by Gasteiger charge is 2.26. The lowest BCUT2D eigenvalue weighted by Gasteiger charge is -2.34. The number of ether oxygens (including phenoxy) is 2. The van der Waals surface area contributed by atoms with Gasteiger partial charge in [-0.05, 0) is 30.9 Å². The van der Waals surface area contributed by atoms with Crippen molar-refractivity contribution in [3.05, 3.63) is 35.4 Å². The van der Waals surface area contributed by atoms with E-state index in [4.69, 9.17) is 9.47 Å². The Morgan fingerprint density at radius 2 is 2.07 bits per heavy atom. The van der Waals surface area contributed by atoms with Gasteiger partial charge in [0.2, 0.25) is 0 Å². The number of likely N-dealkylation sites (tertiary alicyclic amines) is 1. The molecule has 0 radical (unpaired) electrons. The van der Waals surface area contributed by atoms with Crippen LogP contribution in [-0.2, 0) is 22.4 Å². The summed E-state index contributed by atoms with van der Waals surface area (Å²) in [6, 6.07) is 9.30. The van der Waals surface area contributed by atoms with Gasteiger partial charge in [0.15, 0.2) is 5.96 Å². The minimum absolute atomic E-state index is 0.473. The molecule has 0 aromatic heterocycles. The van der Waals surface area contributed by atoms with Crippen LogP contribution in [0.4, 0.5) is 0 Å². The molecule has 0 bridgehead atoms. The van der Waals surface area contributed by atoms with E-state index in [1.54, 1.807) is 7.11 Å². The van der Waals surface area contributed by atoms with Crippen LogP contribution >= 0.6 is 0 Å². The highest BCUT2D eigenvalue weighted by atomic mass is 16.5. The molecular weight excluding hydrogens is 352 g/mol. The lowest BCUT2D eigenvalue weighted by molar-refractivity contribution is 0.0536. The predicted molar refractivity (Wildman–Crippen MR) is 114 cm³/mol. The molecule has 0 spiro atoms. The van der Waals surface area contributed by atoms with Crippen LogP contribution < -0.4 is 5.32 Å². The number of hydrogen-bond acceptors (Lipinski definition) is 4. The molecule has 0 amide bonds. The highest BCUT2D eigenvalue weighted by molar-refractivity contribution is 5.80. The molecule has 2 unspecified atom stereocenters. The van der Waals surface area contributed by atoms with E-state index in [0.717, 1.165) is 58.1 Å². The van der Waals surface area contributed by atoms with Crippen molar-refractivity contribution in [3.63, 3.8) is 0 Å². The Bertz CT molecular complexity index is 637. The highest BCUT2D eigenvalue weighted by Crippen LogP contribution is 2.20. The Labute approximate surface area is 169 Å². The normalized spacial score (nSPS) is 21.6. The molecule has 6 nitrogen and oxygen atoms in total. The van der Waals surface area contributed by atoms with Crippen LogP contribution in [0.1, 0.15) is 24.5 Å². The summed E-state index contributed by atoms with van der Waals surface area (Å²) < 4.78 is 10.7. The molecular formula is C22H36N4O2. The van der Waals surface area contributed by atoms with Crippen LogP contribution in [0.25, 0.3) is 0 Å². The number of hydrogen-bond donors (Lipinski definition) is 1. The first kappa shape index (κ1) is 21.1. The second kappa shape index (κ2) is 10.8. The Morgan fingerprint density at radius 1 is 1.25 bits per heavy atom. The van der Waals surface area contributed by atoms with E-state index in [9.17, 15) is 0 Å². The summed E-state index contributed by atoms with van der Waals surface area (Å²) in [5.74, 6) is 1.59. The van der Waals surface area contributed by atoms with Gasteiger partial charge in [-0.25, -0.2) is 0 Å². The predicted octanol–water partition coefficient (Wildman–Crippen LogP) is 1.99. The third kappa shape index (κ3) is 5.69. The lowest BCUT2D eigenvalue weighted by atomic mass is 9.99. The van der Waals surface area contributed by atoms with Crippen molar-refractivity contribution in [2.75, 3.05) is 60.2 Å². The van der Waals surface area contributed by atoms with Crippen molar-refractivity contribution in [1.82, 2.24) is 15.1 Å². The van der Waals surface area contributed by atoms with E-state index in [-0.39, 0.29) is 0 Å². The average molecular weight is 389 g/mol. The van der Waals surface area contributed by atoms with Gasteiger partial charge in [-0.3, -0.25) is 9.89 Å². The maximum Gasteiger partial charge on any atom is 0.193 e. The topological polar surface area (TPSA) is 49.3 Å². The van der Waals surface area contributed by atoms with Gasteiger partial charge in [-0.15, -0.1) is 0 Å². The molecule has 2 heterocycles. The van der Waals surface area contributed by atoms with Crippen LogP contribution in [0, 0.1) is 5.92 Å². The number of fused-ring (bicyclic) bond motifs is 1. The van der Waals surface area contributed by atoms with Gasteiger partial charge in [0.05, 0.1) is 19.8 Å². The summed E-state index contributed by atoms with van der Waals surface area (Å²) in [4.78, 5) is 9.45. The zero-order valence-corrected chi connectivity index (χ0v) is 17.7. The first-order chi connectivity index (χ1) is 13.7. The second-order valence-corrected chi connectivity index (χ2v) is 7.93.